The Morgan fingerprint density at radius 2 is 2.26 bits per heavy atom. The second-order valence-corrected chi connectivity index (χ2v) is 4.08. The van der Waals surface area contributed by atoms with Gasteiger partial charge >= 0.3 is 5.97 Å². The fourth-order valence-electron chi connectivity index (χ4n) is 1.91. The van der Waals surface area contributed by atoms with Crippen LogP contribution >= 0.6 is 0 Å². The van der Waals surface area contributed by atoms with Gasteiger partial charge in [-0.2, -0.15) is 0 Å². The van der Waals surface area contributed by atoms with Crippen molar-refractivity contribution >= 4 is 17.5 Å². The van der Waals surface area contributed by atoms with E-state index < -0.39 is 10.9 Å². The first kappa shape index (κ1) is 13.2. The molecule has 0 radical (unpaired) electrons. The first-order valence-electron chi connectivity index (χ1n) is 5.80. The van der Waals surface area contributed by atoms with Gasteiger partial charge in [-0.15, -0.1) is 0 Å². The summed E-state index contributed by atoms with van der Waals surface area (Å²) in [5.74, 6) is -0.972. The number of pyridine rings is 1. The fourth-order valence-corrected chi connectivity index (χ4v) is 1.91. The van der Waals surface area contributed by atoms with Crippen LogP contribution in [-0.2, 0) is 4.74 Å². The first-order chi connectivity index (χ1) is 9.09. The molecule has 0 atom stereocenters. The van der Waals surface area contributed by atoms with Gasteiger partial charge in [0.25, 0.3) is 5.69 Å². The van der Waals surface area contributed by atoms with E-state index in [-0.39, 0.29) is 17.1 Å². The molecule has 0 bridgehead atoms. The lowest BCUT2D eigenvalue weighted by Gasteiger charge is -2.21. The largest absolute Gasteiger partial charge is 0.478 e. The topological polar surface area (TPSA) is 106 Å². The van der Waals surface area contributed by atoms with Gasteiger partial charge in [-0.05, 0) is 6.42 Å². The minimum Gasteiger partial charge on any atom is -0.478 e. The summed E-state index contributed by atoms with van der Waals surface area (Å²) in [6.45, 7) is 2.24. The summed E-state index contributed by atoms with van der Waals surface area (Å²) in [7, 11) is 0. The Morgan fingerprint density at radius 1 is 1.47 bits per heavy atom. The van der Waals surface area contributed by atoms with Crippen LogP contribution < -0.4 is 4.90 Å². The number of aromatic nitrogens is 1. The molecule has 19 heavy (non-hydrogen) atoms. The van der Waals surface area contributed by atoms with Crippen molar-refractivity contribution in [3.8, 4) is 0 Å². The highest BCUT2D eigenvalue weighted by molar-refractivity contribution is 5.94. The predicted octanol–water partition coefficient (Wildman–Crippen LogP) is 0.915. The van der Waals surface area contributed by atoms with E-state index in [1.165, 1.54) is 0 Å². The molecule has 0 aromatic carbocycles. The van der Waals surface area contributed by atoms with Crippen molar-refractivity contribution in [1.29, 1.82) is 0 Å². The molecule has 8 nitrogen and oxygen atoms in total. The Hall–Kier alpha value is -2.22. The zero-order valence-corrected chi connectivity index (χ0v) is 10.1. The van der Waals surface area contributed by atoms with Crippen LogP contribution in [0.25, 0.3) is 0 Å². The smallest absolute Gasteiger partial charge is 0.339 e. The number of rotatable bonds is 3. The Bertz CT molecular complexity index is 497. The maximum atomic E-state index is 11.2. The standard InChI is InChI=1S/C11H13N3O5/c15-11(16)9-6-8(14(17)18)7-12-10(9)13-2-1-4-19-5-3-13/h6-7H,1-5H2,(H,15,16). The first-order valence-corrected chi connectivity index (χ1v) is 5.80. The zero-order chi connectivity index (χ0) is 13.8. The zero-order valence-electron chi connectivity index (χ0n) is 10.1. The van der Waals surface area contributed by atoms with E-state index >= 15 is 0 Å². The number of hydrogen-bond donors (Lipinski definition) is 1. The summed E-state index contributed by atoms with van der Waals surface area (Å²) >= 11 is 0. The van der Waals surface area contributed by atoms with Crippen molar-refractivity contribution in [2.24, 2.45) is 0 Å². The Labute approximate surface area is 108 Å². The molecule has 0 saturated carbocycles. The molecule has 102 valence electrons. The number of hydrogen-bond acceptors (Lipinski definition) is 6. The van der Waals surface area contributed by atoms with Crippen molar-refractivity contribution in [3.05, 3.63) is 27.9 Å². The second kappa shape index (κ2) is 5.61. The van der Waals surface area contributed by atoms with Crippen molar-refractivity contribution in [2.75, 3.05) is 31.2 Å². The molecule has 1 aromatic rings. The summed E-state index contributed by atoms with van der Waals surface area (Å²) in [5.41, 5.74) is -0.483. The molecule has 2 heterocycles. The average molecular weight is 267 g/mol. The summed E-state index contributed by atoms with van der Waals surface area (Å²) < 4.78 is 5.28. The third-order valence-electron chi connectivity index (χ3n) is 2.82. The van der Waals surface area contributed by atoms with E-state index in [0.717, 1.165) is 18.7 Å². The van der Waals surface area contributed by atoms with Gasteiger partial charge in [-0.1, -0.05) is 0 Å². The lowest BCUT2D eigenvalue weighted by Crippen LogP contribution is -2.28. The monoisotopic (exact) mass is 267 g/mol. The van der Waals surface area contributed by atoms with Gasteiger partial charge in [0, 0.05) is 25.8 Å². The minimum atomic E-state index is -1.23. The lowest BCUT2D eigenvalue weighted by atomic mass is 10.2. The Morgan fingerprint density at radius 3 is 2.95 bits per heavy atom. The van der Waals surface area contributed by atoms with Crippen LogP contribution in [0.1, 0.15) is 16.8 Å². The molecule has 1 aromatic heterocycles. The van der Waals surface area contributed by atoms with Gasteiger partial charge in [0.15, 0.2) is 0 Å². The molecule has 2 rings (SSSR count). The second-order valence-electron chi connectivity index (χ2n) is 4.08. The molecule has 0 spiro atoms. The van der Waals surface area contributed by atoms with Gasteiger partial charge in [0.05, 0.1) is 11.5 Å². The molecule has 1 saturated heterocycles. The number of ether oxygens (including phenoxy) is 1. The fraction of sp³-hybridized carbons (Fsp3) is 0.455. The predicted molar refractivity (Wildman–Crippen MR) is 65.5 cm³/mol. The normalized spacial score (nSPS) is 15.9. The van der Waals surface area contributed by atoms with Crippen molar-refractivity contribution in [1.82, 2.24) is 4.98 Å². The molecule has 1 fully saturated rings. The van der Waals surface area contributed by atoms with Crippen molar-refractivity contribution in [3.63, 3.8) is 0 Å². The third-order valence-corrected chi connectivity index (χ3v) is 2.82. The number of aromatic carboxylic acids is 1. The molecule has 1 N–H and O–H groups in total. The van der Waals surface area contributed by atoms with E-state index in [1.807, 2.05) is 0 Å². The van der Waals surface area contributed by atoms with Gasteiger partial charge < -0.3 is 14.7 Å². The lowest BCUT2D eigenvalue weighted by molar-refractivity contribution is -0.385. The number of nitro groups is 1. The summed E-state index contributed by atoms with van der Waals surface area (Å²) in [4.78, 5) is 26.9. The van der Waals surface area contributed by atoms with Crippen LogP contribution in [-0.4, -0.2) is 47.3 Å². The Kier molecular flexibility index (Phi) is 3.91. The maximum Gasteiger partial charge on any atom is 0.339 e. The highest BCUT2D eigenvalue weighted by Gasteiger charge is 2.22. The van der Waals surface area contributed by atoms with Crippen LogP contribution in [0.3, 0.4) is 0 Å². The van der Waals surface area contributed by atoms with Gasteiger partial charge in [0.2, 0.25) is 0 Å². The molecule has 0 amide bonds. The number of carboxylic acid groups (broad SMARTS) is 1. The summed E-state index contributed by atoms with van der Waals surface area (Å²) in [6, 6.07) is 1.04. The van der Waals surface area contributed by atoms with Crippen LogP contribution in [0, 0.1) is 10.1 Å². The number of carboxylic acids is 1. The molecular formula is C11H13N3O5. The van der Waals surface area contributed by atoms with Gasteiger partial charge in [0.1, 0.15) is 17.6 Å². The van der Waals surface area contributed by atoms with E-state index in [2.05, 4.69) is 4.98 Å². The number of nitrogens with zero attached hydrogens (tertiary/aromatic N) is 3. The highest BCUT2D eigenvalue weighted by atomic mass is 16.6. The van der Waals surface area contributed by atoms with Gasteiger partial charge in [-0.3, -0.25) is 10.1 Å². The van der Waals surface area contributed by atoms with Gasteiger partial charge in [-0.25, -0.2) is 9.78 Å². The summed E-state index contributed by atoms with van der Waals surface area (Å²) in [6.07, 6.45) is 1.84. The van der Waals surface area contributed by atoms with E-state index in [0.29, 0.717) is 26.3 Å². The minimum absolute atomic E-state index is 0.156. The molecular weight excluding hydrogens is 254 g/mol. The number of carbonyl (C=O) groups is 1. The number of anilines is 1. The average Bonchev–Trinajstić information content (AvgIpc) is 2.66. The molecule has 1 aliphatic heterocycles. The summed E-state index contributed by atoms with van der Waals surface area (Å²) in [5, 5.41) is 19.8. The Balaban J connectivity index is 2.37. The van der Waals surface area contributed by atoms with E-state index in [4.69, 9.17) is 9.84 Å². The van der Waals surface area contributed by atoms with Crippen LogP contribution in [0.4, 0.5) is 11.5 Å². The highest BCUT2D eigenvalue weighted by Crippen LogP contribution is 2.23. The van der Waals surface area contributed by atoms with E-state index in [9.17, 15) is 14.9 Å². The van der Waals surface area contributed by atoms with Crippen LogP contribution in [0.15, 0.2) is 12.3 Å². The molecule has 1 aliphatic rings. The molecule has 0 aliphatic carbocycles. The molecule has 8 heteroatoms. The van der Waals surface area contributed by atoms with Crippen LogP contribution in [0.5, 0.6) is 0 Å². The third kappa shape index (κ3) is 2.97. The SMILES string of the molecule is O=C(O)c1cc([N+](=O)[O-])cnc1N1CCCOCC1. The van der Waals surface area contributed by atoms with E-state index in [1.54, 1.807) is 4.90 Å². The van der Waals surface area contributed by atoms with Crippen LogP contribution in [0.2, 0.25) is 0 Å². The maximum absolute atomic E-state index is 11.2. The van der Waals surface area contributed by atoms with Crippen molar-refractivity contribution in [2.45, 2.75) is 6.42 Å². The molecule has 0 unspecified atom stereocenters. The quantitative estimate of drug-likeness (QED) is 0.640. The van der Waals surface area contributed by atoms with Crippen molar-refractivity contribution < 1.29 is 19.6 Å².